The van der Waals surface area contributed by atoms with E-state index in [9.17, 15) is 0 Å². The maximum absolute atomic E-state index is 5.70. The van der Waals surface area contributed by atoms with Crippen LogP contribution in [-0.4, -0.2) is 24.1 Å². The van der Waals surface area contributed by atoms with E-state index in [0.29, 0.717) is 5.89 Å². The van der Waals surface area contributed by atoms with E-state index in [2.05, 4.69) is 32.6 Å². The van der Waals surface area contributed by atoms with Crippen LogP contribution >= 0.6 is 33.9 Å². The molecule has 20 heavy (non-hydrogen) atoms. The zero-order chi connectivity index (χ0) is 14.1. The second-order valence-corrected chi connectivity index (χ2v) is 6.72. The summed E-state index contributed by atoms with van der Waals surface area (Å²) in [6, 6.07) is 5.97. The number of fused-ring (bicyclic) bond motifs is 1. The lowest BCUT2D eigenvalue weighted by Crippen LogP contribution is -2.07. The first kappa shape index (κ1) is 13.6. The van der Waals surface area contributed by atoms with Gasteiger partial charge in [-0.3, -0.25) is 0 Å². The van der Waals surface area contributed by atoms with E-state index in [4.69, 9.17) is 4.42 Å². The molecule has 0 bridgehead atoms. The van der Waals surface area contributed by atoms with E-state index >= 15 is 0 Å². The Hall–Kier alpha value is -1.41. The van der Waals surface area contributed by atoms with Gasteiger partial charge in [-0.05, 0) is 46.9 Å². The van der Waals surface area contributed by atoms with Gasteiger partial charge in [-0.25, -0.2) is 9.97 Å². The van der Waals surface area contributed by atoms with Crippen molar-refractivity contribution in [1.29, 1.82) is 0 Å². The highest BCUT2D eigenvalue weighted by Crippen LogP contribution is 2.23. The maximum atomic E-state index is 5.70. The lowest BCUT2D eigenvalue weighted by Gasteiger charge is -2.04. The fraction of sp³-hybridized carbons (Fsp3) is 0.143. The molecule has 1 aromatic carbocycles. The molecular formula is C14H12IN3OS. The van der Waals surface area contributed by atoms with Crippen LogP contribution in [0.25, 0.3) is 23.3 Å². The van der Waals surface area contributed by atoms with Crippen LogP contribution in [0.5, 0.6) is 0 Å². The molecule has 0 aliphatic carbocycles. The summed E-state index contributed by atoms with van der Waals surface area (Å²) in [7, 11) is 3.96. The molecule has 0 spiro atoms. The Kier molecular flexibility index (Phi) is 3.75. The quantitative estimate of drug-likeness (QED) is 0.624. The van der Waals surface area contributed by atoms with Crippen LogP contribution in [-0.2, 0) is 0 Å². The summed E-state index contributed by atoms with van der Waals surface area (Å²) in [4.78, 5) is 11.8. The molecule has 0 N–H and O–H groups in total. The highest BCUT2D eigenvalue weighted by molar-refractivity contribution is 14.1. The monoisotopic (exact) mass is 397 g/mol. The predicted molar refractivity (Wildman–Crippen MR) is 92.1 cm³/mol. The largest absolute Gasteiger partial charge is 0.437 e. The van der Waals surface area contributed by atoms with Crippen molar-refractivity contribution in [3.8, 4) is 0 Å². The molecule has 2 aromatic heterocycles. The number of nitrogens with zero attached hydrogens (tertiary/aromatic N) is 3. The molecule has 0 saturated carbocycles. The van der Waals surface area contributed by atoms with Gasteiger partial charge >= 0.3 is 0 Å². The highest BCUT2D eigenvalue weighted by Gasteiger charge is 2.04. The van der Waals surface area contributed by atoms with Gasteiger partial charge in [0.1, 0.15) is 5.52 Å². The van der Waals surface area contributed by atoms with Crippen molar-refractivity contribution in [1.82, 2.24) is 9.97 Å². The lowest BCUT2D eigenvalue weighted by atomic mass is 10.3. The van der Waals surface area contributed by atoms with Crippen LogP contribution in [0.3, 0.4) is 0 Å². The van der Waals surface area contributed by atoms with E-state index in [1.54, 1.807) is 11.3 Å². The normalized spacial score (nSPS) is 11.6. The zero-order valence-corrected chi connectivity index (χ0v) is 14.0. The van der Waals surface area contributed by atoms with Crippen molar-refractivity contribution < 1.29 is 4.42 Å². The summed E-state index contributed by atoms with van der Waals surface area (Å²) < 4.78 is 6.83. The number of halogens is 1. The molecule has 0 fully saturated rings. The van der Waals surface area contributed by atoms with Gasteiger partial charge < -0.3 is 9.32 Å². The average molecular weight is 397 g/mol. The number of rotatable bonds is 3. The predicted octanol–water partition coefficient (Wildman–Crippen LogP) is 4.13. The van der Waals surface area contributed by atoms with E-state index in [0.717, 1.165) is 24.7 Å². The van der Waals surface area contributed by atoms with Crippen molar-refractivity contribution in [3.63, 3.8) is 0 Å². The summed E-state index contributed by atoms with van der Waals surface area (Å²) in [5.74, 6) is 0.613. The van der Waals surface area contributed by atoms with Gasteiger partial charge in [0.25, 0.3) is 0 Å². The first-order valence-electron chi connectivity index (χ1n) is 5.99. The third-order valence-electron chi connectivity index (χ3n) is 2.65. The van der Waals surface area contributed by atoms with Crippen LogP contribution in [0.1, 0.15) is 10.8 Å². The summed E-state index contributed by atoms with van der Waals surface area (Å²) in [5.41, 5.74) is 1.69. The summed E-state index contributed by atoms with van der Waals surface area (Å²) >= 11 is 3.89. The van der Waals surface area contributed by atoms with Gasteiger partial charge in [-0.15, -0.1) is 0 Å². The third-order valence-corrected chi connectivity index (χ3v) is 4.45. The van der Waals surface area contributed by atoms with Crippen LogP contribution in [0.2, 0.25) is 0 Å². The molecule has 0 atom stereocenters. The van der Waals surface area contributed by atoms with Crippen molar-refractivity contribution in [3.05, 3.63) is 38.7 Å². The minimum Gasteiger partial charge on any atom is -0.437 e. The summed E-state index contributed by atoms with van der Waals surface area (Å²) in [6.07, 6.45) is 5.70. The van der Waals surface area contributed by atoms with E-state index in [1.807, 2.05) is 55.5 Å². The Morgan fingerprint density at radius 1 is 1.30 bits per heavy atom. The Bertz CT molecular complexity index is 776. The third kappa shape index (κ3) is 2.85. The Labute approximate surface area is 134 Å². The highest BCUT2D eigenvalue weighted by atomic mass is 127. The smallest absolute Gasteiger partial charge is 0.220 e. The second kappa shape index (κ2) is 5.53. The summed E-state index contributed by atoms with van der Waals surface area (Å²) in [5, 5.41) is 0.983. The minimum absolute atomic E-state index is 0.613. The molecule has 0 unspecified atom stereocenters. The van der Waals surface area contributed by atoms with Gasteiger partial charge in [0.15, 0.2) is 10.7 Å². The molecule has 6 heteroatoms. The SMILES string of the molecule is CN(C)c1ncc(C=Cc2nc3ccc(I)cc3o2)s1. The number of oxazole rings is 1. The van der Waals surface area contributed by atoms with Crippen LogP contribution in [0, 0.1) is 3.57 Å². The number of hydrogen-bond acceptors (Lipinski definition) is 5. The number of hydrogen-bond donors (Lipinski definition) is 0. The lowest BCUT2D eigenvalue weighted by molar-refractivity contribution is 0.589. The van der Waals surface area contributed by atoms with Gasteiger partial charge in [0, 0.05) is 34.8 Å². The van der Waals surface area contributed by atoms with E-state index in [-0.39, 0.29) is 0 Å². The zero-order valence-electron chi connectivity index (χ0n) is 11.0. The molecule has 0 radical (unpaired) electrons. The molecular weight excluding hydrogens is 385 g/mol. The van der Waals surface area contributed by atoms with Crippen LogP contribution in [0.4, 0.5) is 5.13 Å². The van der Waals surface area contributed by atoms with Crippen molar-refractivity contribution in [2.75, 3.05) is 19.0 Å². The maximum Gasteiger partial charge on any atom is 0.220 e. The van der Waals surface area contributed by atoms with Crippen molar-refractivity contribution in [2.24, 2.45) is 0 Å². The molecule has 102 valence electrons. The van der Waals surface area contributed by atoms with Gasteiger partial charge in [-0.2, -0.15) is 0 Å². The molecule has 3 aromatic rings. The minimum atomic E-state index is 0.613. The molecule has 4 nitrogen and oxygen atoms in total. The first-order valence-corrected chi connectivity index (χ1v) is 7.89. The number of anilines is 1. The van der Waals surface area contributed by atoms with Gasteiger partial charge in [0.05, 0.1) is 0 Å². The van der Waals surface area contributed by atoms with Crippen molar-refractivity contribution in [2.45, 2.75) is 0 Å². The number of thiazole rings is 1. The first-order chi connectivity index (χ1) is 9.61. The van der Waals surface area contributed by atoms with Gasteiger partial charge in [0.2, 0.25) is 5.89 Å². The molecule has 0 aliphatic rings. The van der Waals surface area contributed by atoms with Crippen LogP contribution < -0.4 is 4.90 Å². The molecule has 0 saturated heterocycles. The van der Waals surface area contributed by atoms with Gasteiger partial charge in [-0.1, -0.05) is 11.3 Å². The van der Waals surface area contributed by atoms with Crippen molar-refractivity contribution >= 4 is 62.3 Å². The molecule has 3 rings (SSSR count). The molecule has 0 amide bonds. The summed E-state index contributed by atoms with van der Waals surface area (Å²) in [6.45, 7) is 0. The van der Waals surface area contributed by atoms with Crippen LogP contribution in [0.15, 0.2) is 28.8 Å². The average Bonchev–Trinajstić information content (AvgIpc) is 3.01. The standard InChI is InChI=1S/C14H12IN3OS/c1-18(2)14-16-8-10(20-14)4-6-13-17-11-5-3-9(15)7-12(11)19-13/h3-8H,1-2H3. The Morgan fingerprint density at radius 3 is 2.90 bits per heavy atom. The number of benzene rings is 1. The second-order valence-electron chi connectivity index (χ2n) is 4.44. The Balaban J connectivity index is 1.86. The molecule has 0 aliphatic heterocycles. The van der Waals surface area contributed by atoms with E-state index in [1.165, 1.54) is 0 Å². The fourth-order valence-electron chi connectivity index (χ4n) is 1.70. The molecule has 2 heterocycles. The fourth-order valence-corrected chi connectivity index (χ4v) is 2.90. The Morgan fingerprint density at radius 2 is 2.15 bits per heavy atom. The topological polar surface area (TPSA) is 42.2 Å². The van der Waals surface area contributed by atoms with E-state index < -0.39 is 0 Å². The number of aromatic nitrogens is 2.